The molecule has 0 aliphatic heterocycles. The molecule has 1 N–H and O–H groups in total. The molecular formula is C25H26N4O4. The third-order valence-electron chi connectivity index (χ3n) is 4.83. The first kappa shape index (κ1) is 23.6. The van der Waals surface area contributed by atoms with Gasteiger partial charge in [0.15, 0.2) is 12.4 Å². The van der Waals surface area contributed by atoms with Crippen LogP contribution in [0, 0.1) is 11.3 Å². The molecule has 3 aromatic rings. The Bertz CT molecular complexity index is 1100. The number of hydrogen-bond acceptors (Lipinski definition) is 6. The van der Waals surface area contributed by atoms with Crippen LogP contribution < -0.4 is 10.1 Å². The fraction of sp³-hybridized carbons (Fsp3) is 0.240. The number of amides is 2. The average Bonchev–Trinajstić information content (AvgIpc) is 3.36. The second kappa shape index (κ2) is 11.5. The van der Waals surface area contributed by atoms with E-state index >= 15 is 0 Å². The highest BCUT2D eigenvalue weighted by Gasteiger charge is 2.16. The molecule has 0 spiro atoms. The van der Waals surface area contributed by atoms with E-state index in [2.05, 4.69) is 11.4 Å². The van der Waals surface area contributed by atoms with Gasteiger partial charge in [-0.25, -0.2) is 0 Å². The highest BCUT2D eigenvalue weighted by atomic mass is 16.5. The molecule has 8 heteroatoms. The van der Waals surface area contributed by atoms with Crippen molar-refractivity contribution in [3.63, 3.8) is 0 Å². The first-order valence-electron chi connectivity index (χ1n) is 10.4. The molecule has 0 aliphatic rings. The van der Waals surface area contributed by atoms with Gasteiger partial charge in [0.25, 0.3) is 11.8 Å². The number of furan rings is 1. The minimum absolute atomic E-state index is 0.140. The maximum atomic E-state index is 12.9. The molecular weight excluding hydrogens is 420 g/mol. The quantitative estimate of drug-likeness (QED) is 0.513. The van der Waals surface area contributed by atoms with E-state index in [1.807, 2.05) is 31.1 Å². The van der Waals surface area contributed by atoms with Gasteiger partial charge in [0.2, 0.25) is 0 Å². The third-order valence-corrected chi connectivity index (χ3v) is 4.83. The molecule has 0 bridgehead atoms. The van der Waals surface area contributed by atoms with Crippen LogP contribution in [0.3, 0.4) is 0 Å². The molecule has 2 amide bonds. The van der Waals surface area contributed by atoms with Crippen LogP contribution in [0.25, 0.3) is 0 Å². The molecule has 33 heavy (non-hydrogen) atoms. The van der Waals surface area contributed by atoms with Crippen LogP contribution >= 0.6 is 0 Å². The number of nitriles is 1. The number of rotatable bonds is 10. The number of ether oxygens (including phenoxy) is 1. The van der Waals surface area contributed by atoms with E-state index in [0.717, 1.165) is 5.56 Å². The van der Waals surface area contributed by atoms with Crippen LogP contribution in [-0.2, 0) is 11.3 Å². The van der Waals surface area contributed by atoms with E-state index < -0.39 is 0 Å². The summed E-state index contributed by atoms with van der Waals surface area (Å²) in [4.78, 5) is 28.8. The zero-order valence-corrected chi connectivity index (χ0v) is 18.7. The van der Waals surface area contributed by atoms with Gasteiger partial charge >= 0.3 is 0 Å². The monoisotopic (exact) mass is 446 g/mol. The molecule has 0 aliphatic carbocycles. The van der Waals surface area contributed by atoms with Gasteiger partial charge in [-0.2, -0.15) is 5.26 Å². The summed E-state index contributed by atoms with van der Waals surface area (Å²) >= 11 is 0. The maximum Gasteiger partial charge on any atom is 0.291 e. The smallest absolute Gasteiger partial charge is 0.291 e. The molecule has 0 unspecified atom stereocenters. The van der Waals surface area contributed by atoms with Crippen LogP contribution in [0.2, 0.25) is 0 Å². The number of carbonyl (C=O) groups excluding carboxylic acids is 2. The Morgan fingerprint density at radius 3 is 2.52 bits per heavy atom. The molecule has 2 aromatic carbocycles. The Labute approximate surface area is 193 Å². The summed E-state index contributed by atoms with van der Waals surface area (Å²) in [6.07, 6.45) is 1.43. The Kier molecular flexibility index (Phi) is 8.22. The molecule has 8 nitrogen and oxygen atoms in total. The fourth-order valence-electron chi connectivity index (χ4n) is 3.02. The van der Waals surface area contributed by atoms with Crippen molar-refractivity contribution in [2.75, 3.05) is 39.1 Å². The summed E-state index contributed by atoms with van der Waals surface area (Å²) < 4.78 is 10.8. The van der Waals surface area contributed by atoms with Crippen LogP contribution in [0.15, 0.2) is 71.3 Å². The number of nitrogens with one attached hydrogen (secondary N) is 1. The fourth-order valence-corrected chi connectivity index (χ4v) is 3.02. The molecule has 1 aromatic heterocycles. The molecule has 0 atom stereocenters. The Morgan fingerprint density at radius 1 is 1.06 bits per heavy atom. The highest BCUT2D eigenvalue weighted by Crippen LogP contribution is 2.19. The van der Waals surface area contributed by atoms with Crippen LogP contribution in [0.1, 0.15) is 21.7 Å². The lowest BCUT2D eigenvalue weighted by atomic mass is 10.1. The SMILES string of the molecule is CN(C)CCN(Cc1ccc(C#N)cc1)C(=O)COc1cccc(NC(=O)c2ccco2)c1. The summed E-state index contributed by atoms with van der Waals surface area (Å²) in [5.41, 5.74) is 2.04. The molecule has 3 rings (SSSR count). The molecule has 1 heterocycles. The minimum atomic E-state index is -0.370. The van der Waals surface area contributed by atoms with Crippen LogP contribution in [0.4, 0.5) is 5.69 Å². The van der Waals surface area contributed by atoms with Crippen molar-refractivity contribution in [2.45, 2.75) is 6.54 Å². The summed E-state index contributed by atoms with van der Waals surface area (Å²) in [7, 11) is 3.90. The largest absolute Gasteiger partial charge is 0.484 e. The summed E-state index contributed by atoms with van der Waals surface area (Å²) in [5, 5.41) is 11.7. The second-order valence-corrected chi connectivity index (χ2v) is 7.68. The number of anilines is 1. The normalized spacial score (nSPS) is 10.5. The second-order valence-electron chi connectivity index (χ2n) is 7.68. The Balaban J connectivity index is 1.61. The van der Waals surface area contributed by atoms with Crippen molar-refractivity contribution in [2.24, 2.45) is 0 Å². The molecule has 0 radical (unpaired) electrons. The Hall–Kier alpha value is -4.09. The van der Waals surface area contributed by atoms with Crippen LogP contribution in [-0.4, -0.2) is 55.4 Å². The predicted molar refractivity (Wildman–Crippen MR) is 124 cm³/mol. The van der Waals surface area contributed by atoms with Crippen molar-refractivity contribution < 1.29 is 18.7 Å². The van der Waals surface area contributed by atoms with Crippen molar-refractivity contribution >= 4 is 17.5 Å². The van der Waals surface area contributed by atoms with Crippen molar-refractivity contribution in [1.29, 1.82) is 5.26 Å². The van der Waals surface area contributed by atoms with Gasteiger partial charge in [-0.15, -0.1) is 0 Å². The van der Waals surface area contributed by atoms with Crippen molar-refractivity contribution in [1.82, 2.24) is 9.80 Å². The number of carbonyl (C=O) groups is 2. The maximum absolute atomic E-state index is 12.9. The highest BCUT2D eigenvalue weighted by molar-refractivity contribution is 6.02. The van der Waals surface area contributed by atoms with Gasteiger partial charge in [0, 0.05) is 31.4 Å². The number of nitrogens with zero attached hydrogens (tertiary/aromatic N) is 3. The topological polar surface area (TPSA) is 98.8 Å². The minimum Gasteiger partial charge on any atom is -0.484 e. The molecule has 0 fully saturated rings. The van der Waals surface area contributed by atoms with E-state index in [0.29, 0.717) is 36.6 Å². The average molecular weight is 447 g/mol. The van der Waals surface area contributed by atoms with E-state index in [-0.39, 0.29) is 24.2 Å². The molecule has 0 saturated heterocycles. The number of hydrogen-bond donors (Lipinski definition) is 1. The van der Waals surface area contributed by atoms with E-state index in [1.165, 1.54) is 6.26 Å². The first-order chi connectivity index (χ1) is 15.9. The van der Waals surface area contributed by atoms with E-state index in [9.17, 15) is 9.59 Å². The van der Waals surface area contributed by atoms with Gasteiger partial charge < -0.3 is 24.3 Å². The van der Waals surface area contributed by atoms with Gasteiger partial charge in [0.05, 0.1) is 17.9 Å². The first-order valence-corrected chi connectivity index (χ1v) is 10.4. The van der Waals surface area contributed by atoms with Gasteiger partial charge in [-0.3, -0.25) is 9.59 Å². The predicted octanol–water partition coefficient (Wildman–Crippen LogP) is 3.37. The van der Waals surface area contributed by atoms with E-state index in [1.54, 1.807) is 53.4 Å². The van der Waals surface area contributed by atoms with Crippen molar-refractivity contribution in [3.8, 4) is 11.8 Å². The third kappa shape index (κ3) is 7.23. The lowest BCUT2D eigenvalue weighted by molar-refractivity contribution is -0.134. The number of benzene rings is 2. The van der Waals surface area contributed by atoms with Gasteiger partial charge in [-0.1, -0.05) is 18.2 Å². The zero-order chi connectivity index (χ0) is 23.6. The lowest BCUT2D eigenvalue weighted by Crippen LogP contribution is -2.39. The Morgan fingerprint density at radius 2 is 1.85 bits per heavy atom. The molecule has 0 saturated carbocycles. The van der Waals surface area contributed by atoms with Gasteiger partial charge in [-0.05, 0) is 56.1 Å². The van der Waals surface area contributed by atoms with Gasteiger partial charge in [0.1, 0.15) is 5.75 Å². The van der Waals surface area contributed by atoms with Crippen molar-refractivity contribution in [3.05, 3.63) is 83.8 Å². The summed E-state index contributed by atoms with van der Waals surface area (Å²) in [6, 6.07) is 19.3. The lowest BCUT2D eigenvalue weighted by Gasteiger charge is -2.24. The summed E-state index contributed by atoms with van der Waals surface area (Å²) in [5.74, 6) is 0.138. The van der Waals surface area contributed by atoms with Crippen LogP contribution in [0.5, 0.6) is 5.75 Å². The van der Waals surface area contributed by atoms with E-state index in [4.69, 9.17) is 14.4 Å². The summed E-state index contributed by atoms with van der Waals surface area (Å²) in [6.45, 7) is 1.52. The standard InChI is InChI=1S/C25H26N4O4/c1-28(2)12-13-29(17-20-10-8-19(16-26)9-11-20)24(30)18-33-22-6-3-5-21(15-22)27-25(31)23-7-4-14-32-23/h3-11,14-15H,12-13,17-18H2,1-2H3,(H,27,31). The zero-order valence-electron chi connectivity index (χ0n) is 18.7. The molecule has 170 valence electrons. The number of likely N-dealkylation sites (N-methyl/N-ethyl adjacent to an activating group) is 1.